The van der Waals surface area contributed by atoms with E-state index in [2.05, 4.69) is 5.32 Å². The summed E-state index contributed by atoms with van der Waals surface area (Å²) in [6.07, 6.45) is 0. The van der Waals surface area contributed by atoms with E-state index in [1.807, 2.05) is 31.2 Å². The molecule has 0 aromatic heterocycles. The minimum absolute atomic E-state index is 0.220. The number of hydrogen-bond acceptors (Lipinski definition) is 3. The number of methoxy groups -OCH3 is 1. The molecule has 0 aliphatic rings. The number of amides is 1. The standard InChI is InChI=1S/C11H16N2O2/c1-8-3-5-9(6-4-8)13-11(14)10(12)7-15-2/h3-6,10H,7,12H2,1-2H3,(H,13,14). The van der Waals surface area contributed by atoms with Gasteiger partial charge in [-0.25, -0.2) is 0 Å². The summed E-state index contributed by atoms with van der Waals surface area (Å²) in [5.74, 6) is -0.235. The van der Waals surface area contributed by atoms with Gasteiger partial charge in [-0.15, -0.1) is 0 Å². The van der Waals surface area contributed by atoms with Crippen LogP contribution in [0.15, 0.2) is 24.3 Å². The second kappa shape index (κ2) is 5.48. The highest BCUT2D eigenvalue weighted by atomic mass is 16.5. The molecular weight excluding hydrogens is 192 g/mol. The lowest BCUT2D eigenvalue weighted by molar-refractivity contribution is -0.118. The zero-order chi connectivity index (χ0) is 11.3. The lowest BCUT2D eigenvalue weighted by atomic mass is 10.2. The summed E-state index contributed by atoms with van der Waals surface area (Å²) >= 11 is 0. The van der Waals surface area contributed by atoms with Crippen LogP contribution in [0.4, 0.5) is 5.69 Å². The number of rotatable bonds is 4. The van der Waals surface area contributed by atoms with Crippen molar-refractivity contribution >= 4 is 11.6 Å². The highest BCUT2D eigenvalue weighted by Crippen LogP contribution is 2.08. The zero-order valence-electron chi connectivity index (χ0n) is 8.99. The number of nitrogens with one attached hydrogen (secondary N) is 1. The predicted octanol–water partition coefficient (Wildman–Crippen LogP) is 0.907. The maximum Gasteiger partial charge on any atom is 0.243 e. The summed E-state index contributed by atoms with van der Waals surface area (Å²) in [5.41, 5.74) is 7.46. The molecule has 4 nitrogen and oxygen atoms in total. The monoisotopic (exact) mass is 208 g/mol. The van der Waals surface area contributed by atoms with Gasteiger partial charge in [0.25, 0.3) is 0 Å². The Labute approximate surface area is 89.4 Å². The molecule has 0 saturated carbocycles. The Morgan fingerprint density at radius 1 is 1.47 bits per heavy atom. The molecule has 0 spiro atoms. The third-order valence-electron chi connectivity index (χ3n) is 2.00. The molecule has 1 aromatic rings. The van der Waals surface area contributed by atoms with E-state index in [0.29, 0.717) is 0 Å². The number of aryl methyl sites for hydroxylation is 1. The molecular formula is C11H16N2O2. The van der Waals surface area contributed by atoms with Crippen molar-refractivity contribution in [1.82, 2.24) is 0 Å². The zero-order valence-corrected chi connectivity index (χ0v) is 8.99. The highest BCUT2D eigenvalue weighted by Gasteiger charge is 2.12. The number of nitrogens with two attached hydrogens (primary N) is 1. The fourth-order valence-corrected chi connectivity index (χ4v) is 1.13. The van der Waals surface area contributed by atoms with E-state index in [0.717, 1.165) is 11.3 Å². The minimum Gasteiger partial charge on any atom is -0.383 e. The van der Waals surface area contributed by atoms with Gasteiger partial charge in [-0.1, -0.05) is 17.7 Å². The summed E-state index contributed by atoms with van der Waals surface area (Å²) in [4.78, 5) is 11.5. The maximum atomic E-state index is 11.5. The molecule has 0 aliphatic heterocycles. The Morgan fingerprint density at radius 2 is 2.07 bits per heavy atom. The lowest BCUT2D eigenvalue weighted by Gasteiger charge is -2.11. The third kappa shape index (κ3) is 3.69. The van der Waals surface area contributed by atoms with Gasteiger partial charge < -0.3 is 15.8 Å². The first-order valence-electron chi connectivity index (χ1n) is 4.75. The van der Waals surface area contributed by atoms with Crippen molar-refractivity contribution in [2.75, 3.05) is 19.0 Å². The number of anilines is 1. The van der Waals surface area contributed by atoms with E-state index in [1.54, 1.807) is 0 Å². The second-order valence-electron chi connectivity index (χ2n) is 3.42. The molecule has 1 unspecified atom stereocenters. The van der Waals surface area contributed by atoms with Crippen molar-refractivity contribution in [3.05, 3.63) is 29.8 Å². The molecule has 1 atom stereocenters. The van der Waals surface area contributed by atoms with Crippen molar-refractivity contribution < 1.29 is 9.53 Å². The molecule has 1 aromatic carbocycles. The van der Waals surface area contributed by atoms with E-state index in [1.165, 1.54) is 7.11 Å². The van der Waals surface area contributed by atoms with E-state index < -0.39 is 6.04 Å². The smallest absolute Gasteiger partial charge is 0.243 e. The van der Waals surface area contributed by atoms with Crippen LogP contribution in [0.3, 0.4) is 0 Å². The van der Waals surface area contributed by atoms with E-state index in [9.17, 15) is 4.79 Å². The Hall–Kier alpha value is -1.39. The van der Waals surface area contributed by atoms with Crippen molar-refractivity contribution in [2.45, 2.75) is 13.0 Å². The van der Waals surface area contributed by atoms with Gasteiger partial charge in [0.15, 0.2) is 0 Å². The van der Waals surface area contributed by atoms with E-state index in [-0.39, 0.29) is 12.5 Å². The first kappa shape index (κ1) is 11.7. The lowest BCUT2D eigenvalue weighted by Crippen LogP contribution is -2.39. The number of hydrogen-bond donors (Lipinski definition) is 2. The SMILES string of the molecule is COCC(N)C(=O)Nc1ccc(C)cc1. The quantitative estimate of drug-likeness (QED) is 0.773. The van der Waals surface area contributed by atoms with Gasteiger partial charge in [0.2, 0.25) is 5.91 Å². The van der Waals surface area contributed by atoms with Crippen LogP contribution in [0.1, 0.15) is 5.56 Å². The van der Waals surface area contributed by atoms with Crippen LogP contribution >= 0.6 is 0 Å². The Bertz CT molecular complexity index is 322. The molecule has 0 fully saturated rings. The highest BCUT2D eigenvalue weighted by molar-refractivity contribution is 5.94. The minimum atomic E-state index is -0.628. The molecule has 4 heteroatoms. The number of benzene rings is 1. The summed E-state index contributed by atoms with van der Waals surface area (Å²) in [6, 6.07) is 6.91. The molecule has 0 heterocycles. The first-order chi connectivity index (χ1) is 7.13. The third-order valence-corrected chi connectivity index (χ3v) is 2.00. The molecule has 82 valence electrons. The van der Waals surface area contributed by atoms with Crippen LogP contribution in [0.25, 0.3) is 0 Å². The van der Waals surface area contributed by atoms with Gasteiger partial charge in [-0.3, -0.25) is 4.79 Å². The predicted molar refractivity (Wildman–Crippen MR) is 59.7 cm³/mol. The Balaban J connectivity index is 2.54. The van der Waals surface area contributed by atoms with Gasteiger partial charge in [0.05, 0.1) is 6.61 Å². The van der Waals surface area contributed by atoms with Crippen molar-refractivity contribution in [2.24, 2.45) is 5.73 Å². The maximum absolute atomic E-state index is 11.5. The molecule has 0 bridgehead atoms. The average molecular weight is 208 g/mol. The van der Waals surface area contributed by atoms with Crippen LogP contribution in [-0.4, -0.2) is 25.7 Å². The average Bonchev–Trinajstić information content (AvgIpc) is 2.22. The normalized spacial score (nSPS) is 12.2. The molecule has 15 heavy (non-hydrogen) atoms. The van der Waals surface area contributed by atoms with Gasteiger partial charge in [0, 0.05) is 12.8 Å². The molecule has 1 amide bonds. The van der Waals surface area contributed by atoms with Crippen molar-refractivity contribution in [3.63, 3.8) is 0 Å². The van der Waals surface area contributed by atoms with Crippen LogP contribution in [0.2, 0.25) is 0 Å². The van der Waals surface area contributed by atoms with Gasteiger partial charge >= 0.3 is 0 Å². The van der Waals surface area contributed by atoms with Crippen LogP contribution < -0.4 is 11.1 Å². The first-order valence-corrected chi connectivity index (χ1v) is 4.75. The van der Waals surface area contributed by atoms with Crippen molar-refractivity contribution in [3.8, 4) is 0 Å². The number of carbonyl (C=O) groups is 1. The molecule has 1 rings (SSSR count). The summed E-state index contributed by atoms with van der Waals surface area (Å²) < 4.78 is 4.80. The Morgan fingerprint density at radius 3 is 2.60 bits per heavy atom. The van der Waals surface area contributed by atoms with Crippen LogP contribution in [0, 0.1) is 6.92 Å². The van der Waals surface area contributed by atoms with Crippen LogP contribution in [-0.2, 0) is 9.53 Å². The number of ether oxygens (including phenoxy) is 1. The Kier molecular flexibility index (Phi) is 4.27. The van der Waals surface area contributed by atoms with E-state index in [4.69, 9.17) is 10.5 Å². The summed E-state index contributed by atoms with van der Waals surface area (Å²) in [7, 11) is 1.51. The van der Waals surface area contributed by atoms with Gasteiger partial charge in [-0.2, -0.15) is 0 Å². The molecule has 0 saturated heterocycles. The molecule has 0 aliphatic carbocycles. The molecule has 3 N–H and O–H groups in total. The van der Waals surface area contributed by atoms with Crippen molar-refractivity contribution in [1.29, 1.82) is 0 Å². The molecule has 0 radical (unpaired) electrons. The van der Waals surface area contributed by atoms with Crippen LogP contribution in [0.5, 0.6) is 0 Å². The van der Waals surface area contributed by atoms with Gasteiger partial charge in [-0.05, 0) is 19.1 Å². The van der Waals surface area contributed by atoms with E-state index >= 15 is 0 Å². The fourth-order valence-electron chi connectivity index (χ4n) is 1.13. The summed E-state index contributed by atoms with van der Waals surface area (Å²) in [5, 5.41) is 2.71. The topological polar surface area (TPSA) is 64.3 Å². The summed E-state index contributed by atoms with van der Waals surface area (Å²) in [6.45, 7) is 2.21. The second-order valence-corrected chi connectivity index (χ2v) is 3.42. The van der Waals surface area contributed by atoms with Gasteiger partial charge in [0.1, 0.15) is 6.04 Å². The number of carbonyl (C=O) groups excluding carboxylic acids is 1. The fraction of sp³-hybridized carbons (Fsp3) is 0.364. The largest absolute Gasteiger partial charge is 0.383 e.